The van der Waals surface area contributed by atoms with E-state index in [1.54, 1.807) is 0 Å². The molecular weight excluding hydrogens is 374 g/mol. The zero-order valence-electron chi connectivity index (χ0n) is 13.1. The molecule has 0 aliphatic carbocycles. The second kappa shape index (κ2) is 7.00. The largest absolute Gasteiger partial charge is 0.416 e. The van der Waals surface area contributed by atoms with Gasteiger partial charge in [0, 0.05) is 30.1 Å². The van der Waals surface area contributed by atoms with E-state index in [1.807, 2.05) is 0 Å². The predicted octanol–water partition coefficient (Wildman–Crippen LogP) is 3.98. The van der Waals surface area contributed by atoms with Crippen molar-refractivity contribution in [3.8, 4) is 11.1 Å². The number of nitrogens with two attached hydrogens (primary N) is 1. The first-order valence-electron chi connectivity index (χ1n) is 7.39. The van der Waals surface area contributed by atoms with Crippen LogP contribution in [-0.2, 0) is 12.7 Å². The van der Waals surface area contributed by atoms with Crippen LogP contribution in [0.3, 0.4) is 0 Å². The molecule has 0 unspecified atom stereocenters. The van der Waals surface area contributed by atoms with E-state index in [-0.39, 0.29) is 34.7 Å². The van der Waals surface area contributed by atoms with E-state index in [9.17, 15) is 17.6 Å². The van der Waals surface area contributed by atoms with E-state index in [4.69, 9.17) is 17.3 Å². The van der Waals surface area contributed by atoms with E-state index in [1.165, 1.54) is 18.5 Å². The Kier molecular flexibility index (Phi) is 4.92. The fraction of sp³-hybridized carbons (Fsp3) is 0.188. The molecule has 0 atom stereocenters. The molecule has 0 aliphatic rings. The van der Waals surface area contributed by atoms with Crippen molar-refractivity contribution in [2.75, 3.05) is 6.54 Å². The monoisotopic (exact) mass is 385 g/mol. The summed E-state index contributed by atoms with van der Waals surface area (Å²) in [5, 5.41) is 7.95. The second-order valence-electron chi connectivity index (χ2n) is 5.41. The van der Waals surface area contributed by atoms with Crippen molar-refractivity contribution >= 4 is 22.6 Å². The van der Waals surface area contributed by atoms with Gasteiger partial charge < -0.3 is 5.73 Å². The van der Waals surface area contributed by atoms with Gasteiger partial charge in [-0.05, 0) is 24.3 Å². The maximum Gasteiger partial charge on any atom is 0.416 e. The lowest BCUT2D eigenvalue weighted by atomic mass is 10.0. The fourth-order valence-electron chi connectivity index (χ4n) is 2.46. The molecule has 3 rings (SSSR count). The molecule has 5 nitrogen and oxygen atoms in total. The Balaban J connectivity index is 2.24. The molecule has 136 valence electrons. The molecule has 2 heterocycles. The van der Waals surface area contributed by atoms with Crippen LogP contribution in [-0.4, -0.2) is 26.5 Å². The van der Waals surface area contributed by atoms with Crippen LogP contribution in [0.25, 0.3) is 22.2 Å². The molecule has 2 N–H and O–H groups in total. The fourth-order valence-corrected chi connectivity index (χ4v) is 2.64. The zero-order valence-corrected chi connectivity index (χ0v) is 13.9. The van der Waals surface area contributed by atoms with Gasteiger partial charge in [-0.1, -0.05) is 16.8 Å². The summed E-state index contributed by atoms with van der Waals surface area (Å²) in [6.45, 7) is -0.409. The van der Waals surface area contributed by atoms with E-state index < -0.39 is 17.6 Å². The number of rotatable bonds is 4. The number of aromatic nitrogens is 4. The molecule has 0 spiro atoms. The number of alkyl halides is 3. The van der Waals surface area contributed by atoms with E-state index in [2.05, 4.69) is 15.3 Å². The van der Waals surface area contributed by atoms with Crippen molar-refractivity contribution in [2.24, 2.45) is 5.73 Å². The summed E-state index contributed by atoms with van der Waals surface area (Å²) in [4.78, 5) is 3.89. The third kappa shape index (κ3) is 3.68. The Hall–Kier alpha value is -2.52. The van der Waals surface area contributed by atoms with Gasteiger partial charge in [-0.2, -0.15) is 13.2 Å². The second-order valence-corrected chi connectivity index (χ2v) is 5.85. The molecular formula is C16H12ClF4N5. The molecule has 0 radical (unpaired) electrons. The molecule has 0 saturated heterocycles. The number of fused-ring (bicyclic) bond motifs is 1. The summed E-state index contributed by atoms with van der Waals surface area (Å²) in [6, 6.07) is 3.30. The van der Waals surface area contributed by atoms with Crippen LogP contribution >= 0.6 is 11.6 Å². The average Bonchev–Trinajstić information content (AvgIpc) is 2.96. The van der Waals surface area contributed by atoms with Gasteiger partial charge in [-0.25, -0.2) is 9.07 Å². The summed E-state index contributed by atoms with van der Waals surface area (Å²) in [6.07, 6.45) is -0.757. The third-order valence-electron chi connectivity index (χ3n) is 3.60. The number of nitrogens with zero attached hydrogens (tertiary/aromatic N) is 4. The Bertz CT molecular complexity index is 980. The van der Waals surface area contributed by atoms with Crippen molar-refractivity contribution in [3.05, 3.63) is 53.1 Å². The summed E-state index contributed by atoms with van der Waals surface area (Å²) in [5.74, 6) is -0.623. The minimum absolute atomic E-state index is 0.0360. The molecule has 0 amide bonds. The lowest BCUT2D eigenvalue weighted by molar-refractivity contribution is -0.137. The molecule has 3 aromatic rings. The van der Waals surface area contributed by atoms with Gasteiger partial charge in [0.15, 0.2) is 0 Å². The summed E-state index contributed by atoms with van der Waals surface area (Å²) >= 11 is 5.89. The quantitative estimate of drug-likeness (QED) is 0.690. The van der Waals surface area contributed by atoms with Crippen molar-refractivity contribution in [1.29, 1.82) is 0 Å². The number of allylic oxidation sites excluding steroid dienone is 1. The maximum absolute atomic E-state index is 13.7. The van der Waals surface area contributed by atoms with Crippen LogP contribution < -0.4 is 5.73 Å². The third-order valence-corrected chi connectivity index (χ3v) is 3.81. The van der Waals surface area contributed by atoms with Gasteiger partial charge in [0.25, 0.3) is 0 Å². The zero-order chi connectivity index (χ0) is 18.9. The Morgan fingerprint density at radius 2 is 2.00 bits per heavy atom. The lowest BCUT2D eigenvalue weighted by Gasteiger charge is -2.11. The molecule has 26 heavy (non-hydrogen) atoms. The maximum atomic E-state index is 13.7. The molecule has 0 fully saturated rings. The highest BCUT2D eigenvalue weighted by molar-refractivity contribution is 6.30. The van der Waals surface area contributed by atoms with E-state index in [0.29, 0.717) is 5.56 Å². The van der Waals surface area contributed by atoms with Crippen LogP contribution in [0.1, 0.15) is 5.56 Å². The van der Waals surface area contributed by atoms with Gasteiger partial charge in [-0.15, -0.1) is 5.10 Å². The first-order valence-corrected chi connectivity index (χ1v) is 7.77. The van der Waals surface area contributed by atoms with Crippen molar-refractivity contribution in [2.45, 2.75) is 12.7 Å². The van der Waals surface area contributed by atoms with Gasteiger partial charge in [0.1, 0.15) is 11.3 Å². The molecule has 0 aliphatic heterocycles. The lowest BCUT2D eigenvalue weighted by Crippen LogP contribution is -2.07. The summed E-state index contributed by atoms with van der Waals surface area (Å²) < 4.78 is 54.8. The average molecular weight is 386 g/mol. The molecule has 2 aromatic heterocycles. The molecule has 0 bridgehead atoms. The first kappa shape index (κ1) is 18.3. The predicted molar refractivity (Wildman–Crippen MR) is 89.0 cm³/mol. The topological polar surface area (TPSA) is 69.6 Å². The highest BCUT2D eigenvalue weighted by atomic mass is 35.5. The van der Waals surface area contributed by atoms with Crippen LogP contribution in [0.5, 0.6) is 0 Å². The highest BCUT2D eigenvalue weighted by Crippen LogP contribution is 2.36. The Morgan fingerprint density at radius 3 is 2.65 bits per heavy atom. The SMILES string of the molecule is NC/C=C(\F)Cn1nnc2c(-c3cncc(Cl)c3)cc(C(F)(F)F)cc21. The number of pyridine rings is 1. The first-order chi connectivity index (χ1) is 12.3. The van der Waals surface area contributed by atoms with Crippen LogP contribution in [0.4, 0.5) is 17.6 Å². The van der Waals surface area contributed by atoms with Crippen molar-refractivity contribution in [1.82, 2.24) is 20.0 Å². The Labute approximate surface area is 150 Å². The number of benzene rings is 1. The minimum atomic E-state index is -4.60. The van der Waals surface area contributed by atoms with Crippen molar-refractivity contribution in [3.63, 3.8) is 0 Å². The highest BCUT2D eigenvalue weighted by Gasteiger charge is 2.32. The van der Waals surface area contributed by atoms with E-state index in [0.717, 1.165) is 22.9 Å². The molecule has 1 aromatic carbocycles. The number of halogens is 5. The van der Waals surface area contributed by atoms with Gasteiger partial charge in [0.2, 0.25) is 0 Å². The smallest absolute Gasteiger partial charge is 0.327 e. The summed E-state index contributed by atoms with van der Waals surface area (Å²) in [7, 11) is 0. The van der Waals surface area contributed by atoms with Crippen LogP contribution in [0.15, 0.2) is 42.5 Å². The van der Waals surface area contributed by atoms with E-state index >= 15 is 0 Å². The van der Waals surface area contributed by atoms with Gasteiger partial charge >= 0.3 is 6.18 Å². The Morgan fingerprint density at radius 1 is 1.23 bits per heavy atom. The standard InChI is InChI=1S/C16H12ClF4N5/c17-11-3-9(6-23-7-11)13-4-10(16(19,20)21)5-14-15(13)24-25-26(14)8-12(18)1-2-22/h1,3-7H,2,8,22H2/b12-1-. The normalized spacial score (nSPS) is 12.8. The van der Waals surface area contributed by atoms with Gasteiger partial charge in [-0.3, -0.25) is 4.98 Å². The molecule has 0 saturated carbocycles. The molecule has 10 heteroatoms. The van der Waals surface area contributed by atoms with Crippen LogP contribution in [0, 0.1) is 0 Å². The minimum Gasteiger partial charge on any atom is -0.327 e. The van der Waals surface area contributed by atoms with Gasteiger partial charge in [0.05, 0.1) is 22.6 Å². The van der Waals surface area contributed by atoms with Crippen LogP contribution in [0.2, 0.25) is 5.02 Å². The number of hydrogen-bond acceptors (Lipinski definition) is 4. The number of hydrogen-bond donors (Lipinski definition) is 1. The van der Waals surface area contributed by atoms with Crippen molar-refractivity contribution < 1.29 is 17.6 Å². The summed E-state index contributed by atoms with van der Waals surface area (Å²) in [5.41, 5.74) is 5.04.